The zero-order valence-corrected chi connectivity index (χ0v) is 25.9. The molecule has 7 aromatic carbocycles. The average Bonchev–Trinajstić information content (AvgIpc) is 3.61. The molecule has 230 valence electrons. The number of para-hydroxylation sites is 1. The van der Waals surface area contributed by atoms with Gasteiger partial charge in [-0.1, -0.05) is 139 Å². The molecule has 0 saturated heterocycles. The van der Waals surface area contributed by atoms with E-state index in [0.29, 0.717) is 45.2 Å². The van der Waals surface area contributed by atoms with E-state index in [1.54, 1.807) is 22.8 Å². The highest BCUT2D eigenvalue weighted by Gasteiger charge is 2.15. The first-order chi connectivity index (χ1) is 28.0. The van der Waals surface area contributed by atoms with Crippen LogP contribution in [0.15, 0.2) is 182 Å². The molecule has 0 unspecified atom stereocenters. The van der Waals surface area contributed by atoms with Gasteiger partial charge in [-0.3, -0.25) is 0 Å². The molecule has 4 nitrogen and oxygen atoms in total. The van der Waals surface area contributed by atoms with Gasteiger partial charge in [0, 0.05) is 33.2 Å². The largest absolute Gasteiger partial charge is 0.309 e. The van der Waals surface area contributed by atoms with Crippen molar-refractivity contribution < 1.29 is 12.3 Å². The summed E-state index contributed by atoms with van der Waals surface area (Å²) in [4.78, 5) is 14.7. The van der Waals surface area contributed by atoms with E-state index in [1.807, 2.05) is 97.1 Å². The van der Waals surface area contributed by atoms with Gasteiger partial charge in [0.25, 0.3) is 0 Å². The van der Waals surface area contributed by atoms with Crippen molar-refractivity contribution in [2.24, 2.45) is 0 Å². The van der Waals surface area contributed by atoms with Gasteiger partial charge in [0.15, 0.2) is 17.5 Å². The van der Waals surface area contributed by atoms with Crippen LogP contribution in [0.3, 0.4) is 0 Å². The topological polar surface area (TPSA) is 43.6 Å². The first-order valence-corrected chi connectivity index (χ1v) is 15.7. The smallest absolute Gasteiger partial charge is 0.164 e. The zero-order chi connectivity index (χ0) is 40.4. The van der Waals surface area contributed by atoms with Gasteiger partial charge in [-0.15, -0.1) is 0 Å². The van der Waals surface area contributed by atoms with E-state index in [-0.39, 0.29) is 40.6 Å². The van der Waals surface area contributed by atoms with Crippen molar-refractivity contribution in [1.82, 2.24) is 19.5 Å². The summed E-state index contributed by atoms with van der Waals surface area (Å²) in [5.41, 5.74) is 6.19. The molecule has 2 heterocycles. The Labute approximate surface area is 297 Å². The van der Waals surface area contributed by atoms with E-state index in [9.17, 15) is 0 Å². The van der Waals surface area contributed by atoms with Gasteiger partial charge >= 0.3 is 0 Å². The van der Waals surface area contributed by atoms with Crippen molar-refractivity contribution in [2.45, 2.75) is 0 Å². The van der Waals surface area contributed by atoms with Crippen LogP contribution in [0.2, 0.25) is 0 Å². The predicted octanol–water partition coefficient (Wildman–Crippen LogP) is 11.3. The van der Waals surface area contributed by atoms with Crippen molar-refractivity contribution in [2.75, 3.05) is 0 Å². The van der Waals surface area contributed by atoms with Crippen molar-refractivity contribution in [3.05, 3.63) is 182 Å². The van der Waals surface area contributed by atoms with Crippen LogP contribution >= 0.6 is 0 Å². The highest BCUT2D eigenvalue weighted by atomic mass is 15.0. The molecule has 0 saturated carbocycles. The highest BCUT2D eigenvalue weighted by molar-refractivity contribution is 6.10. The molecule has 9 aromatic rings. The molecule has 9 rings (SSSR count). The van der Waals surface area contributed by atoms with E-state index in [1.165, 1.54) is 0 Å². The minimum atomic E-state index is -0.504. The van der Waals surface area contributed by atoms with Gasteiger partial charge in [0.05, 0.1) is 23.4 Å². The highest BCUT2D eigenvalue weighted by Crippen LogP contribution is 2.35. The van der Waals surface area contributed by atoms with Crippen LogP contribution in [0, 0.1) is 0 Å². The molecule has 0 atom stereocenters. The van der Waals surface area contributed by atoms with E-state index in [4.69, 9.17) is 27.3 Å². The number of benzene rings is 7. The number of rotatable bonds is 6. The lowest BCUT2D eigenvalue weighted by atomic mass is 10.0. The van der Waals surface area contributed by atoms with Crippen LogP contribution in [0.1, 0.15) is 12.3 Å². The van der Waals surface area contributed by atoms with Crippen molar-refractivity contribution in [1.29, 1.82) is 0 Å². The Morgan fingerprint density at radius 3 is 1.51 bits per heavy atom. The lowest BCUT2D eigenvalue weighted by Gasteiger charge is -2.11. The molecule has 0 radical (unpaired) electrons. The molecule has 0 aliphatic heterocycles. The van der Waals surface area contributed by atoms with Crippen LogP contribution < -0.4 is 0 Å². The minimum Gasteiger partial charge on any atom is -0.309 e. The molecule has 0 aliphatic rings. The van der Waals surface area contributed by atoms with Gasteiger partial charge in [0.2, 0.25) is 0 Å². The van der Waals surface area contributed by atoms with Gasteiger partial charge in [0.1, 0.15) is 0 Å². The molecule has 0 N–H and O–H groups in total. The van der Waals surface area contributed by atoms with Gasteiger partial charge in [-0.2, -0.15) is 0 Å². The normalized spacial score (nSPS) is 13.8. The Morgan fingerprint density at radius 1 is 0.367 bits per heavy atom. The number of fused-ring (bicyclic) bond motifs is 3. The summed E-state index contributed by atoms with van der Waals surface area (Å²) in [7, 11) is 0. The number of hydrogen-bond donors (Lipinski definition) is 0. The fraction of sp³-hybridized carbons (Fsp3) is 0. The summed E-state index contributed by atoms with van der Waals surface area (Å²) < 4.78 is 78.3. The second kappa shape index (κ2) is 12.2. The van der Waals surface area contributed by atoms with E-state index >= 15 is 0 Å². The molecule has 4 heteroatoms. The maximum absolute atomic E-state index is 8.99. The first-order valence-electron chi connectivity index (χ1n) is 20.2. The second-order valence-electron chi connectivity index (χ2n) is 11.5. The molecule has 49 heavy (non-hydrogen) atoms. The Morgan fingerprint density at radius 2 is 0.857 bits per heavy atom. The molecular weight excluding hydrogens is 597 g/mol. The fourth-order valence-electron chi connectivity index (χ4n) is 6.09. The van der Waals surface area contributed by atoms with Crippen molar-refractivity contribution in [3.8, 4) is 62.1 Å². The first kappa shape index (κ1) is 20.6. The standard InChI is InChI=1S/C45H30N4/c1-4-12-31(13-5-1)33-20-22-35(23-21-33)44-46-43(34-16-8-3-9-17-34)47-45(48-44)36-24-27-38(28-25-36)49-41-19-11-10-18-39(41)40-30-37(26-29-42(40)49)32-14-6-2-7-15-32/h1-30H/i2D,6D,7D,10D,11D,14D,15D,18D,19D. The summed E-state index contributed by atoms with van der Waals surface area (Å²) in [6, 6.07) is 36.7. The van der Waals surface area contributed by atoms with Crippen LogP contribution in [0.25, 0.3) is 83.9 Å². The Hall–Kier alpha value is -6.65. The molecule has 0 amide bonds. The minimum absolute atomic E-state index is 0.00211. The van der Waals surface area contributed by atoms with Crippen LogP contribution in [-0.2, 0) is 0 Å². The third-order valence-corrected chi connectivity index (χ3v) is 8.49. The number of aromatic nitrogens is 4. The fourth-order valence-corrected chi connectivity index (χ4v) is 6.09. The Bertz CT molecular complexity index is 3050. The monoisotopic (exact) mass is 635 g/mol. The number of hydrogen-bond acceptors (Lipinski definition) is 3. The Kier molecular flexibility index (Phi) is 5.11. The molecule has 0 bridgehead atoms. The third-order valence-electron chi connectivity index (χ3n) is 8.49. The van der Waals surface area contributed by atoms with Crippen LogP contribution in [-0.4, -0.2) is 19.5 Å². The Balaban J connectivity index is 1.19. The summed E-state index contributed by atoms with van der Waals surface area (Å²) in [6.07, 6.45) is 0. The van der Waals surface area contributed by atoms with E-state index < -0.39 is 30.2 Å². The van der Waals surface area contributed by atoms with E-state index in [2.05, 4.69) is 12.1 Å². The molecule has 0 fully saturated rings. The quantitative estimate of drug-likeness (QED) is 0.183. The maximum Gasteiger partial charge on any atom is 0.164 e. The lowest BCUT2D eigenvalue weighted by molar-refractivity contribution is 1.07. The predicted molar refractivity (Wildman–Crippen MR) is 201 cm³/mol. The summed E-state index contributed by atoms with van der Waals surface area (Å²) in [5.74, 6) is 1.45. The van der Waals surface area contributed by atoms with Gasteiger partial charge in [-0.25, -0.2) is 15.0 Å². The van der Waals surface area contributed by atoms with Crippen molar-refractivity contribution in [3.63, 3.8) is 0 Å². The second-order valence-corrected chi connectivity index (χ2v) is 11.5. The third kappa shape index (κ3) is 5.35. The van der Waals surface area contributed by atoms with Crippen LogP contribution in [0.4, 0.5) is 0 Å². The molecule has 0 spiro atoms. The number of nitrogens with zero attached hydrogens (tertiary/aromatic N) is 4. The molecule has 0 aliphatic carbocycles. The summed E-state index contributed by atoms with van der Waals surface area (Å²) >= 11 is 0. The molecular formula is C45H30N4. The SMILES string of the molecule is [2H]c1c([2H])c([2H])c(-c2ccc3c(c2)c2c([2H])c([2H])c([2H])c([2H])c2n3-c2ccc(-c3nc(-c4ccccc4)nc(-c4ccc(-c5ccccc5)cc4)n3)cc2)c([2H])c1[2H]. The van der Waals surface area contributed by atoms with E-state index in [0.717, 1.165) is 22.3 Å². The summed E-state index contributed by atoms with van der Waals surface area (Å²) in [6.45, 7) is 0. The van der Waals surface area contributed by atoms with Crippen LogP contribution in [0.5, 0.6) is 0 Å². The maximum atomic E-state index is 8.99. The molecule has 2 aromatic heterocycles. The van der Waals surface area contributed by atoms with Gasteiger partial charge < -0.3 is 4.57 Å². The zero-order valence-electron chi connectivity index (χ0n) is 34.9. The van der Waals surface area contributed by atoms with Gasteiger partial charge in [-0.05, 0) is 64.7 Å². The summed E-state index contributed by atoms with van der Waals surface area (Å²) in [5, 5.41) is 0.676. The lowest BCUT2D eigenvalue weighted by Crippen LogP contribution is -2.00. The van der Waals surface area contributed by atoms with Crippen molar-refractivity contribution >= 4 is 21.8 Å². The average molecular weight is 636 g/mol.